The van der Waals surface area contributed by atoms with Gasteiger partial charge < -0.3 is 9.64 Å². The molecule has 1 amide bonds. The van der Waals surface area contributed by atoms with Crippen LogP contribution in [0.15, 0.2) is 30.6 Å². The minimum Gasteiger partial charge on any atom is -0.471 e. The molecule has 2 aromatic heterocycles. The highest BCUT2D eigenvalue weighted by molar-refractivity contribution is 8.01. The number of hydrogen-bond acceptors (Lipinski definition) is 5. The van der Waals surface area contributed by atoms with Gasteiger partial charge in [0.1, 0.15) is 11.8 Å². The molecule has 8 heteroatoms. The summed E-state index contributed by atoms with van der Waals surface area (Å²) in [6.45, 7) is 1.37. The van der Waals surface area contributed by atoms with E-state index in [1.165, 1.54) is 12.3 Å². The van der Waals surface area contributed by atoms with E-state index in [1.807, 2.05) is 4.90 Å². The molecule has 0 saturated carbocycles. The first-order valence-electron chi connectivity index (χ1n) is 7.75. The van der Waals surface area contributed by atoms with Crippen LogP contribution < -0.4 is 4.74 Å². The van der Waals surface area contributed by atoms with E-state index in [4.69, 9.17) is 4.74 Å². The highest BCUT2D eigenvalue weighted by atomic mass is 32.2. The number of carbonyl (C=O) groups is 1. The maximum absolute atomic E-state index is 13.6. The zero-order valence-corrected chi connectivity index (χ0v) is 14.0. The summed E-state index contributed by atoms with van der Waals surface area (Å²) in [5.74, 6) is 0.401. The lowest BCUT2D eigenvalue weighted by Gasteiger charge is -2.47. The standard InChI is InChI=1S/C16H17FN4O2S/c1-20-13(4-6-19-20)15(22)21-9-16(10-21)7-11(8-24-16)23-14-12(17)3-2-5-18-14/h2-6,11H,7-10H2,1H3/t11-/m1/s1. The van der Waals surface area contributed by atoms with Gasteiger partial charge in [0.25, 0.3) is 11.8 Å². The molecule has 4 rings (SSSR count). The predicted molar refractivity (Wildman–Crippen MR) is 87.5 cm³/mol. The van der Waals surface area contributed by atoms with E-state index in [2.05, 4.69) is 10.1 Å². The second-order valence-electron chi connectivity index (χ2n) is 6.23. The molecule has 2 aromatic rings. The van der Waals surface area contributed by atoms with E-state index in [-0.39, 0.29) is 22.6 Å². The first kappa shape index (κ1) is 15.4. The van der Waals surface area contributed by atoms with Gasteiger partial charge in [0.2, 0.25) is 0 Å². The molecule has 6 nitrogen and oxygen atoms in total. The second-order valence-corrected chi connectivity index (χ2v) is 7.72. The summed E-state index contributed by atoms with van der Waals surface area (Å²) in [6, 6.07) is 4.61. The van der Waals surface area contributed by atoms with E-state index in [0.717, 1.165) is 12.2 Å². The van der Waals surface area contributed by atoms with Gasteiger partial charge in [-0.1, -0.05) is 0 Å². The number of hydrogen-bond donors (Lipinski definition) is 0. The van der Waals surface area contributed by atoms with Crippen LogP contribution in [-0.4, -0.2) is 55.3 Å². The molecule has 2 aliphatic rings. The van der Waals surface area contributed by atoms with Gasteiger partial charge in [-0.2, -0.15) is 5.10 Å². The van der Waals surface area contributed by atoms with Crippen molar-refractivity contribution in [2.45, 2.75) is 17.3 Å². The van der Waals surface area contributed by atoms with Gasteiger partial charge in [-0.15, -0.1) is 11.8 Å². The van der Waals surface area contributed by atoms with Crippen LogP contribution in [0.2, 0.25) is 0 Å². The average molecular weight is 348 g/mol. The zero-order valence-electron chi connectivity index (χ0n) is 13.2. The number of carbonyl (C=O) groups excluding carboxylic acids is 1. The normalized spacial score (nSPS) is 21.8. The quantitative estimate of drug-likeness (QED) is 0.845. The van der Waals surface area contributed by atoms with E-state index in [1.54, 1.807) is 41.8 Å². The maximum atomic E-state index is 13.6. The number of thioether (sulfide) groups is 1. The minimum atomic E-state index is -0.440. The number of amides is 1. The van der Waals surface area contributed by atoms with Gasteiger partial charge in [-0.3, -0.25) is 9.48 Å². The molecular weight excluding hydrogens is 331 g/mol. The molecule has 24 heavy (non-hydrogen) atoms. The van der Waals surface area contributed by atoms with Crippen molar-refractivity contribution in [1.29, 1.82) is 0 Å². The van der Waals surface area contributed by atoms with Crippen molar-refractivity contribution in [2.75, 3.05) is 18.8 Å². The minimum absolute atomic E-state index is 0.00126. The highest BCUT2D eigenvalue weighted by Gasteiger charge is 2.51. The van der Waals surface area contributed by atoms with Crippen LogP contribution in [0.5, 0.6) is 5.88 Å². The third-order valence-electron chi connectivity index (χ3n) is 4.46. The van der Waals surface area contributed by atoms with Gasteiger partial charge >= 0.3 is 0 Å². The van der Waals surface area contributed by atoms with E-state index >= 15 is 0 Å². The summed E-state index contributed by atoms with van der Waals surface area (Å²) < 4.78 is 20.9. The van der Waals surface area contributed by atoms with Crippen LogP contribution in [0, 0.1) is 5.82 Å². The number of nitrogens with zero attached hydrogens (tertiary/aromatic N) is 4. The average Bonchev–Trinajstić information content (AvgIpc) is 3.14. The van der Waals surface area contributed by atoms with Crippen molar-refractivity contribution in [3.63, 3.8) is 0 Å². The fourth-order valence-corrected chi connectivity index (χ4v) is 4.78. The molecule has 0 radical (unpaired) electrons. The molecule has 2 saturated heterocycles. The zero-order chi connectivity index (χ0) is 16.7. The van der Waals surface area contributed by atoms with Gasteiger partial charge in [-0.25, -0.2) is 9.37 Å². The molecule has 126 valence electrons. The Kier molecular flexibility index (Phi) is 3.71. The second kappa shape index (κ2) is 5.77. The highest BCUT2D eigenvalue weighted by Crippen LogP contribution is 2.46. The molecule has 1 atom stereocenters. The molecule has 0 aliphatic carbocycles. The van der Waals surface area contributed by atoms with Crippen LogP contribution in [0.3, 0.4) is 0 Å². The van der Waals surface area contributed by atoms with E-state index in [9.17, 15) is 9.18 Å². The summed E-state index contributed by atoms with van der Waals surface area (Å²) in [6.07, 6.45) is 3.86. The lowest BCUT2D eigenvalue weighted by Crippen LogP contribution is -2.61. The molecule has 2 aliphatic heterocycles. The van der Waals surface area contributed by atoms with E-state index in [0.29, 0.717) is 18.8 Å². The van der Waals surface area contributed by atoms with Crippen molar-refractivity contribution in [3.8, 4) is 5.88 Å². The summed E-state index contributed by atoms with van der Waals surface area (Å²) in [4.78, 5) is 18.2. The third-order valence-corrected chi connectivity index (χ3v) is 6.04. The lowest BCUT2D eigenvalue weighted by molar-refractivity contribution is 0.0503. The number of rotatable bonds is 3. The lowest BCUT2D eigenvalue weighted by atomic mass is 9.92. The summed E-state index contributed by atoms with van der Waals surface area (Å²) in [5.41, 5.74) is 0.594. The Morgan fingerprint density at radius 3 is 2.96 bits per heavy atom. The molecule has 2 fully saturated rings. The van der Waals surface area contributed by atoms with Gasteiger partial charge in [-0.05, 0) is 18.2 Å². The van der Waals surface area contributed by atoms with Crippen molar-refractivity contribution in [2.24, 2.45) is 7.05 Å². The molecule has 0 unspecified atom stereocenters. The Labute approximate surface area is 143 Å². The molecule has 4 heterocycles. The summed E-state index contributed by atoms with van der Waals surface area (Å²) >= 11 is 1.80. The van der Waals surface area contributed by atoms with Crippen molar-refractivity contribution >= 4 is 17.7 Å². The molecular formula is C16H17FN4O2S. The van der Waals surface area contributed by atoms with Crippen molar-refractivity contribution in [1.82, 2.24) is 19.7 Å². The molecule has 0 N–H and O–H groups in total. The number of pyridine rings is 1. The van der Waals surface area contributed by atoms with E-state index < -0.39 is 5.82 Å². The maximum Gasteiger partial charge on any atom is 0.272 e. The molecule has 1 spiro atoms. The number of ether oxygens (including phenoxy) is 1. The molecule has 0 aromatic carbocycles. The summed E-state index contributed by atoms with van der Waals surface area (Å²) in [7, 11) is 1.76. The van der Waals surface area contributed by atoms with Crippen molar-refractivity contribution in [3.05, 3.63) is 42.1 Å². The van der Waals surface area contributed by atoms with Crippen LogP contribution >= 0.6 is 11.8 Å². The fraction of sp³-hybridized carbons (Fsp3) is 0.438. The Hall–Kier alpha value is -2.09. The van der Waals surface area contributed by atoms with Gasteiger partial charge in [0.15, 0.2) is 5.82 Å². The van der Waals surface area contributed by atoms with Crippen LogP contribution in [0.25, 0.3) is 0 Å². The third kappa shape index (κ3) is 2.64. The Morgan fingerprint density at radius 1 is 1.42 bits per heavy atom. The Morgan fingerprint density at radius 2 is 2.25 bits per heavy atom. The van der Waals surface area contributed by atoms with Crippen LogP contribution in [0.1, 0.15) is 16.9 Å². The van der Waals surface area contributed by atoms with Crippen molar-refractivity contribution < 1.29 is 13.9 Å². The van der Waals surface area contributed by atoms with Gasteiger partial charge in [0.05, 0.1) is 4.75 Å². The number of halogens is 1. The Bertz CT molecular complexity index is 775. The first-order valence-corrected chi connectivity index (χ1v) is 8.73. The summed E-state index contributed by atoms with van der Waals surface area (Å²) in [5, 5.41) is 4.04. The number of aryl methyl sites for hydroxylation is 1. The van der Waals surface area contributed by atoms with Crippen LogP contribution in [0.4, 0.5) is 4.39 Å². The first-order chi connectivity index (χ1) is 11.6. The fourth-order valence-electron chi connectivity index (χ4n) is 3.25. The topological polar surface area (TPSA) is 60.2 Å². The number of aromatic nitrogens is 3. The number of likely N-dealkylation sites (tertiary alicyclic amines) is 1. The Balaban J connectivity index is 1.36. The predicted octanol–water partition coefficient (Wildman–Crippen LogP) is 1.73. The smallest absolute Gasteiger partial charge is 0.272 e. The van der Waals surface area contributed by atoms with Crippen LogP contribution in [-0.2, 0) is 7.05 Å². The SMILES string of the molecule is Cn1nccc1C(=O)N1CC2(C[C@@H](Oc3ncccc3F)CS2)C1. The molecule has 0 bridgehead atoms. The monoisotopic (exact) mass is 348 g/mol. The van der Waals surface area contributed by atoms with Gasteiger partial charge in [0, 0.05) is 44.7 Å². The largest absolute Gasteiger partial charge is 0.471 e.